The van der Waals surface area contributed by atoms with Gasteiger partial charge in [-0.1, -0.05) is 6.07 Å². The summed E-state index contributed by atoms with van der Waals surface area (Å²) in [6, 6.07) is 9.74. The van der Waals surface area contributed by atoms with Gasteiger partial charge in [0.15, 0.2) is 0 Å². The van der Waals surface area contributed by atoms with E-state index >= 15 is 0 Å². The van der Waals surface area contributed by atoms with Gasteiger partial charge in [-0.25, -0.2) is 4.98 Å². The highest BCUT2D eigenvalue weighted by atomic mass is 16.5. The summed E-state index contributed by atoms with van der Waals surface area (Å²) in [4.78, 5) is 23.8. The van der Waals surface area contributed by atoms with E-state index in [9.17, 15) is 4.79 Å². The van der Waals surface area contributed by atoms with Crippen molar-refractivity contribution in [3.8, 4) is 16.9 Å². The second-order valence-corrected chi connectivity index (χ2v) is 5.66. The SMILES string of the molecule is CNC(=O)c1cnc2[nH]cc(-c3cc(OC)c4ncccc4c3)c2c1. The monoisotopic (exact) mass is 332 g/mol. The fraction of sp³-hybridized carbons (Fsp3) is 0.105. The van der Waals surface area contributed by atoms with E-state index in [0.29, 0.717) is 11.3 Å². The molecule has 0 saturated heterocycles. The number of H-pyrrole nitrogens is 1. The Kier molecular flexibility index (Phi) is 3.57. The maximum absolute atomic E-state index is 11.9. The van der Waals surface area contributed by atoms with Crippen LogP contribution in [0.2, 0.25) is 0 Å². The smallest absolute Gasteiger partial charge is 0.252 e. The van der Waals surface area contributed by atoms with E-state index in [-0.39, 0.29) is 5.91 Å². The first kappa shape index (κ1) is 15.1. The van der Waals surface area contributed by atoms with E-state index in [2.05, 4.69) is 26.3 Å². The van der Waals surface area contributed by atoms with Crippen LogP contribution in [0.15, 0.2) is 48.9 Å². The molecule has 3 heterocycles. The van der Waals surface area contributed by atoms with Crippen molar-refractivity contribution in [3.05, 3.63) is 54.5 Å². The molecule has 3 aromatic heterocycles. The molecule has 6 heteroatoms. The van der Waals surface area contributed by atoms with Gasteiger partial charge in [0.1, 0.15) is 16.9 Å². The number of pyridine rings is 2. The van der Waals surface area contributed by atoms with Crippen LogP contribution in [0.5, 0.6) is 5.75 Å². The third-order valence-electron chi connectivity index (χ3n) is 4.22. The number of ether oxygens (including phenoxy) is 1. The van der Waals surface area contributed by atoms with Crippen LogP contribution in [-0.4, -0.2) is 35.0 Å². The van der Waals surface area contributed by atoms with Crippen molar-refractivity contribution in [3.63, 3.8) is 0 Å². The van der Waals surface area contributed by atoms with E-state index in [1.54, 1.807) is 26.6 Å². The predicted molar refractivity (Wildman–Crippen MR) is 96.8 cm³/mol. The molecule has 1 aromatic carbocycles. The number of hydrogen-bond acceptors (Lipinski definition) is 4. The molecule has 25 heavy (non-hydrogen) atoms. The van der Waals surface area contributed by atoms with E-state index in [1.807, 2.05) is 30.5 Å². The molecule has 2 N–H and O–H groups in total. The van der Waals surface area contributed by atoms with Crippen LogP contribution >= 0.6 is 0 Å². The highest BCUT2D eigenvalue weighted by Gasteiger charge is 2.13. The maximum Gasteiger partial charge on any atom is 0.252 e. The summed E-state index contributed by atoms with van der Waals surface area (Å²) in [6.45, 7) is 0. The zero-order valence-corrected chi connectivity index (χ0v) is 13.8. The van der Waals surface area contributed by atoms with E-state index in [4.69, 9.17) is 4.74 Å². The molecule has 6 nitrogen and oxygen atoms in total. The number of nitrogens with one attached hydrogen (secondary N) is 2. The Labute approximate surface area is 143 Å². The summed E-state index contributed by atoms with van der Waals surface area (Å²) in [7, 11) is 3.24. The Morgan fingerprint density at radius 3 is 2.92 bits per heavy atom. The summed E-state index contributed by atoms with van der Waals surface area (Å²) in [5, 5.41) is 4.49. The van der Waals surface area contributed by atoms with E-state index in [1.165, 1.54) is 0 Å². The minimum absolute atomic E-state index is 0.165. The first-order valence-corrected chi connectivity index (χ1v) is 7.83. The number of amides is 1. The molecular weight excluding hydrogens is 316 g/mol. The van der Waals surface area contributed by atoms with Gasteiger partial charge in [0.2, 0.25) is 0 Å². The number of hydrogen-bond donors (Lipinski definition) is 2. The molecule has 0 radical (unpaired) electrons. The topological polar surface area (TPSA) is 79.9 Å². The Balaban J connectivity index is 1.95. The molecular formula is C19H16N4O2. The normalized spacial score (nSPS) is 11.0. The first-order chi connectivity index (χ1) is 12.2. The van der Waals surface area contributed by atoms with Crippen molar-refractivity contribution in [1.82, 2.24) is 20.3 Å². The van der Waals surface area contributed by atoms with E-state index < -0.39 is 0 Å². The molecule has 1 amide bonds. The molecule has 0 aliphatic carbocycles. The van der Waals surface area contributed by atoms with E-state index in [0.717, 1.165) is 33.1 Å². The third-order valence-corrected chi connectivity index (χ3v) is 4.22. The summed E-state index contributed by atoms with van der Waals surface area (Å²) >= 11 is 0. The van der Waals surface area contributed by atoms with Gasteiger partial charge >= 0.3 is 0 Å². The highest BCUT2D eigenvalue weighted by molar-refractivity contribution is 6.02. The molecule has 4 aromatic rings. The fourth-order valence-corrected chi connectivity index (χ4v) is 2.98. The van der Waals surface area contributed by atoms with Gasteiger partial charge in [0, 0.05) is 42.0 Å². The number of fused-ring (bicyclic) bond motifs is 2. The van der Waals surface area contributed by atoms with Crippen molar-refractivity contribution in [1.29, 1.82) is 0 Å². The van der Waals surface area contributed by atoms with Crippen LogP contribution in [0.1, 0.15) is 10.4 Å². The number of benzene rings is 1. The van der Waals surface area contributed by atoms with Gasteiger partial charge in [0.05, 0.1) is 12.7 Å². The third kappa shape index (κ3) is 2.48. The Hall–Kier alpha value is -3.41. The van der Waals surface area contributed by atoms with Crippen LogP contribution in [-0.2, 0) is 0 Å². The summed E-state index contributed by atoms with van der Waals surface area (Å²) in [5.41, 5.74) is 3.99. The molecule has 0 spiro atoms. The standard InChI is InChI=1S/C19H16N4O2/c1-20-19(24)13-7-14-15(10-23-18(14)22-9-13)12-6-11-4-3-5-21-17(11)16(8-12)25-2/h3-10H,1-2H3,(H,20,24)(H,22,23). The minimum Gasteiger partial charge on any atom is -0.494 e. The summed E-state index contributed by atoms with van der Waals surface area (Å²) in [6.07, 6.45) is 5.20. The first-order valence-electron chi connectivity index (χ1n) is 7.83. The number of methoxy groups -OCH3 is 1. The second kappa shape index (κ2) is 5.90. The molecule has 0 atom stereocenters. The number of rotatable bonds is 3. The van der Waals surface area contributed by atoms with Crippen LogP contribution in [0, 0.1) is 0 Å². The van der Waals surface area contributed by atoms with Crippen molar-refractivity contribution in [2.24, 2.45) is 0 Å². The van der Waals surface area contributed by atoms with Crippen LogP contribution in [0.3, 0.4) is 0 Å². The Bertz CT molecular complexity index is 1100. The summed E-state index contributed by atoms with van der Waals surface area (Å²) < 4.78 is 5.51. The number of aromatic amines is 1. The lowest BCUT2D eigenvalue weighted by molar-refractivity contribution is 0.0963. The molecule has 0 bridgehead atoms. The molecule has 0 unspecified atom stereocenters. The van der Waals surface area contributed by atoms with Crippen LogP contribution in [0.4, 0.5) is 0 Å². The lowest BCUT2D eigenvalue weighted by Crippen LogP contribution is -2.17. The summed E-state index contributed by atoms with van der Waals surface area (Å²) in [5.74, 6) is 0.541. The van der Waals surface area contributed by atoms with Gasteiger partial charge in [0.25, 0.3) is 5.91 Å². The van der Waals surface area contributed by atoms with Gasteiger partial charge in [-0.3, -0.25) is 9.78 Å². The Morgan fingerprint density at radius 2 is 2.12 bits per heavy atom. The van der Waals surface area contributed by atoms with Crippen molar-refractivity contribution >= 4 is 27.8 Å². The van der Waals surface area contributed by atoms with Gasteiger partial charge in [-0.05, 0) is 29.8 Å². The zero-order chi connectivity index (χ0) is 17.4. The molecule has 0 aliphatic rings. The second-order valence-electron chi connectivity index (χ2n) is 5.66. The number of carbonyl (C=O) groups excluding carboxylic acids is 1. The lowest BCUT2D eigenvalue weighted by atomic mass is 10.0. The zero-order valence-electron chi connectivity index (χ0n) is 13.8. The maximum atomic E-state index is 11.9. The van der Waals surface area contributed by atoms with Gasteiger partial charge in [-0.2, -0.15) is 0 Å². The Morgan fingerprint density at radius 1 is 1.24 bits per heavy atom. The average molecular weight is 332 g/mol. The van der Waals surface area contributed by atoms with Gasteiger partial charge in [-0.15, -0.1) is 0 Å². The van der Waals surface area contributed by atoms with Crippen molar-refractivity contribution in [2.45, 2.75) is 0 Å². The van der Waals surface area contributed by atoms with Crippen LogP contribution in [0.25, 0.3) is 33.1 Å². The average Bonchev–Trinajstić information content (AvgIpc) is 3.09. The molecule has 124 valence electrons. The number of carbonyl (C=O) groups is 1. The lowest BCUT2D eigenvalue weighted by Gasteiger charge is -2.08. The van der Waals surface area contributed by atoms with Gasteiger partial charge < -0.3 is 15.0 Å². The minimum atomic E-state index is -0.165. The predicted octanol–water partition coefficient (Wildman–Crippen LogP) is 3.15. The fourth-order valence-electron chi connectivity index (χ4n) is 2.98. The van der Waals surface area contributed by atoms with Crippen molar-refractivity contribution in [2.75, 3.05) is 14.2 Å². The number of aromatic nitrogens is 3. The molecule has 0 saturated carbocycles. The molecule has 0 aliphatic heterocycles. The largest absolute Gasteiger partial charge is 0.494 e. The van der Waals surface area contributed by atoms with Crippen LogP contribution < -0.4 is 10.1 Å². The highest BCUT2D eigenvalue weighted by Crippen LogP contribution is 2.34. The van der Waals surface area contributed by atoms with Crippen molar-refractivity contribution < 1.29 is 9.53 Å². The molecule has 4 rings (SSSR count). The quantitative estimate of drug-likeness (QED) is 0.604. The number of nitrogens with zero attached hydrogens (tertiary/aromatic N) is 2. The molecule has 0 fully saturated rings.